The zero-order valence-corrected chi connectivity index (χ0v) is 23.1. The summed E-state index contributed by atoms with van der Waals surface area (Å²) in [5.41, 5.74) is 0.529. The second-order valence-electron chi connectivity index (χ2n) is 10.1. The molecule has 0 fully saturated rings. The average Bonchev–Trinajstić information content (AvgIpc) is 2.68. The molecule has 0 amide bonds. The summed E-state index contributed by atoms with van der Waals surface area (Å²) in [6.07, 6.45) is 27.0. The normalized spacial score (nSPS) is 12.2. The van der Waals surface area contributed by atoms with Crippen molar-refractivity contribution in [1.29, 1.82) is 0 Å². The lowest BCUT2D eigenvalue weighted by molar-refractivity contribution is -0.944. The van der Waals surface area contributed by atoms with Crippen LogP contribution in [0.4, 0.5) is 0 Å². The summed E-state index contributed by atoms with van der Waals surface area (Å²) in [4.78, 5) is 0. The summed E-state index contributed by atoms with van der Waals surface area (Å²) >= 11 is 0. The highest BCUT2D eigenvalue weighted by atomic mass is 79.9. The number of halogens is 1. The fourth-order valence-corrected chi connectivity index (χ4v) is 5.10. The number of quaternary nitrogens is 1. The molecule has 0 aromatic carbocycles. The van der Waals surface area contributed by atoms with Crippen LogP contribution in [-0.2, 0) is 0 Å². The van der Waals surface area contributed by atoms with Crippen molar-refractivity contribution in [2.24, 2.45) is 0 Å². The summed E-state index contributed by atoms with van der Waals surface area (Å²) in [5.74, 6) is 0. The molecule has 0 rings (SSSR count). The van der Waals surface area contributed by atoms with Crippen molar-refractivity contribution in [2.75, 3.05) is 20.6 Å². The van der Waals surface area contributed by atoms with E-state index in [1.807, 2.05) is 0 Å². The molecule has 0 atom stereocenters. The van der Waals surface area contributed by atoms with Crippen LogP contribution in [0.2, 0.25) is 0 Å². The predicted octanol–water partition coefficient (Wildman–Crippen LogP) is 6.30. The fourth-order valence-electron chi connectivity index (χ4n) is 5.10. The van der Waals surface area contributed by atoms with Crippen LogP contribution in [0.25, 0.3) is 0 Å². The molecule has 0 bridgehead atoms. The van der Waals surface area contributed by atoms with Gasteiger partial charge in [-0.05, 0) is 32.1 Å². The lowest BCUT2D eigenvalue weighted by Crippen LogP contribution is -3.00. The molecule has 0 saturated heterocycles. The average molecular weight is 477 g/mol. The van der Waals surface area contributed by atoms with Gasteiger partial charge < -0.3 is 21.5 Å². The number of unbranched alkanes of at least 4 members (excludes halogenated alkanes) is 12. The Bertz CT molecular complexity index is 295. The van der Waals surface area contributed by atoms with Crippen molar-refractivity contribution < 1.29 is 21.5 Å². The summed E-state index contributed by atoms with van der Waals surface area (Å²) < 4.78 is 1.28. The first kappa shape index (κ1) is 31.6. The van der Waals surface area contributed by atoms with Crippen molar-refractivity contribution in [3.8, 4) is 0 Å². The van der Waals surface area contributed by atoms with E-state index in [2.05, 4.69) is 41.8 Å². The van der Waals surface area contributed by atoms with Crippen molar-refractivity contribution in [3.05, 3.63) is 0 Å². The molecule has 0 heterocycles. The summed E-state index contributed by atoms with van der Waals surface area (Å²) in [6, 6.07) is 0. The topological polar surface area (TPSA) is 0 Å². The molecule has 0 radical (unpaired) electrons. The van der Waals surface area contributed by atoms with Crippen LogP contribution in [0.5, 0.6) is 0 Å². The van der Waals surface area contributed by atoms with Gasteiger partial charge in [0.1, 0.15) is 0 Å². The van der Waals surface area contributed by atoms with Gasteiger partial charge >= 0.3 is 0 Å². The van der Waals surface area contributed by atoms with Gasteiger partial charge in [-0.2, -0.15) is 0 Å². The van der Waals surface area contributed by atoms with Crippen molar-refractivity contribution >= 4 is 0 Å². The zero-order valence-electron chi connectivity index (χ0n) is 21.5. The molecule has 0 aromatic rings. The first-order valence-corrected chi connectivity index (χ1v) is 13.3. The Labute approximate surface area is 197 Å². The van der Waals surface area contributed by atoms with Crippen LogP contribution in [0.15, 0.2) is 0 Å². The standard InChI is InChI=1S/C27H58N.BrH/c1-7-11-15-19-23-27(24-20-16-12-8-2,25-21-17-13-9-3)28(5,6)26-22-18-14-10-4;/h7-26H2,1-6H3;1H/q+1;/p-1. The van der Waals surface area contributed by atoms with Crippen LogP contribution < -0.4 is 17.0 Å². The van der Waals surface area contributed by atoms with Gasteiger partial charge in [-0.3, -0.25) is 0 Å². The highest BCUT2D eigenvalue weighted by Crippen LogP contribution is 2.38. The molecule has 0 spiro atoms. The highest BCUT2D eigenvalue weighted by molar-refractivity contribution is 4.82. The molecule has 178 valence electrons. The molecular formula is C27H58BrN. The van der Waals surface area contributed by atoms with E-state index >= 15 is 0 Å². The third kappa shape index (κ3) is 14.2. The first-order valence-electron chi connectivity index (χ1n) is 13.3. The Hall–Kier alpha value is 0.440. The molecule has 0 unspecified atom stereocenters. The van der Waals surface area contributed by atoms with E-state index in [0.717, 1.165) is 0 Å². The van der Waals surface area contributed by atoms with Gasteiger partial charge in [-0.1, -0.05) is 98.3 Å². The Morgan fingerprint density at radius 1 is 0.448 bits per heavy atom. The third-order valence-electron chi connectivity index (χ3n) is 7.34. The Kier molecular flexibility index (Phi) is 22.2. The Morgan fingerprint density at radius 2 is 0.759 bits per heavy atom. The van der Waals surface area contributed by atoms with Crippen molar-refractivity contribution in [1.82, 2.24) is 0 Å². The van der Waals surface area contributed by atoms with Crippen LogP contribution >= 0.6 is 0 Å². The maximum atomic E-state index is 2.59. The van der Waals surface area contributed by atoms with E-state index in [1.54, 1.807) is 0 Å². The molecule has 0 saturated carbocycles. The van der Waals surface area contributed by atoms with Gasteiger partial charge in [0.25, 0.3) is 0 Å². The number of rotatable bonds is 21. The lowest BCUT2D eigenvalue weighted by Gasteiger charge is -2.50. The maximum Gasteiger partial charge on any atom is 0.0988 e. The van der Waals surface area contributed by atoms with Crippen LogP contribution in [0, 0.1) is 0 Å². The molecule has 0 aliphatic carbocycles. The van der Waals surface area contributed by atoms with Gasteiger partial charge in [0.05, 0.1) is 26.2 Å². The molecule has 1 nitrogen and oxygen atoms in total. The summed E-state index contributed by atoms with van der Waals surface area (Å²) in [5, 5.41) is 0. The van der Waals surface area contributed by atoms with Gasteiger partial charge in [0.2, 0.25) is 0 Å². The van der Waals surface area contributed by atoms with Crippen LogP contribution in [0.1, 0.15) is 150 Å². The fraction of sp³-hybridized carbons (Fsp3) is 1.00. The molecule has 29 heavy (non-hydrogen) atoms. The van der Waals surface area contributed by atoms with E-state index in [0.29, 0.717) is 5.54 Å². The van der Waals surface area contributed by atoms with Gasteiger partial charge in [0, 0.05) is 19.3 Å². The zero-order chi connectivity index (χ0) is 21.1. The van der Waals surface area contributed by atoms with E-state index in [4.69, 9.17) is 0 Å². The Morgan fingerprint density at radius 3 is 1.07 bits per heavy atom. The van der Waals surface area contributed by atoms with Crippen LogP contribution in [-0.4, -0.2) is 30.7 Å². The predicted molar refractivity (Wildman–Crippen MR) is 130 cm³/mol. The minimum absolute atomic E-state index is 0. The molecule has 0 aliphatic rings. The highest BCUT2D eigenvalue weighted by Gasteiger charge is 2.43. The second kappa shape index (κ2) is 20.3. The van der Waals surface area contributed by atoms with E-state index < -0.39 is 0 Å². The van der Waals surface area contributed by atoms with Gasteiger partial charge in [-0.25, -0.2) is 0 Å². The number of hydrogen-bond acceptors (Lipinski definition) is 0. The van der Waals surface area contributed by atoms with Crippen molar-refractivity contribution in [2.45, 2.75) is 155 Å². The quantitative estimate of drug-likeness (QED) is 0.135. The van der Waals surface area contributed by atoms with Gasteiger partial charge in [0.15, 0.2) is 0 Å². The van der Waals surface area contributed by atoms with E-state index in [9.17, 15) is 0 Å². The summed E-state index contributed by atoms with van der Waals surface area (Å²) in [6.45, 7) is 10.7. The van der Waals surface area contributed by atoms with Gasteiger partial charge in [-0.15, -0.1) is 0 Å². The molecule has 0 aliphatic heterocycles. The maximum absolute atomic E-state index is 2.59. The largest absolute Gasteiger partial charge is 1.00 e. The first-order chi connectivity index (χ1) is 13.5. The monoisotopic (exact) mass is 475 g/mol. The molecule has 2 heteroatoms. The minimum Gasteiger partial charge on any atom is -1.00 e. The van der Waals surface area contributed by atoms with E-state index in [-0.39, 0.29) is 17.0 Å². The lowest BCUT2D eigenvalue weighted by atomic mass is 9.78. The third-order valence-corrected chi connectivity index (χ3v) is 7.34. The molecular weight excluding hydrogens is 418 g/mol. The second-order valence-corrected chi connectivity index (χ2v) is 10.1. The SMILES string of the molecule is CCCCCCC(CCCCCC)(CCCCCC)[N+](C)(C)CCCCCC.[Br-]. The molecule has 0 aromatic heterocycles. The smallest absolute Gasteiger partial charge is 0.0988 e. The van der Waals surface area contributed by atoms with Crippen molar-refractivity contribution in [3.63, 3.8) is 0 Å². The number of hydrogen-bond donors (Lipinski definition) is 0. The number of nitrogens with zero attached hydrogens (tertiary/aromatic N) is 1. The van der Waals surface area contributed by atoms with E-state index in [1.165, 1.54) is 133 Å². The minimum atomic E-state index is 0. The van der Waals surface area contributed by atoms with Crippen LogP contribution in [0.3, 0.4) is 0 Å². The summed E-state index contributed by atoms with van der Waals surface area (Å²) in [7, 11) is 5.18. The Balaban J connectivity index is 0. The molecule has 0 N–H and O–H groups in total.